The Morgan fingerprint density at radius 3 is 2.08 bits per heavy atom. The lowest BCUT2D eigenvalue weighted by atomic mass is 9.77. The first kappa shape index (κ1) is 11.7. The van der Waals surface area contributed by atoms with Gasteiger partial charge in [0.1, 0.15) is 0 Å². The maximum atomic E-state index is 9.86. The molecule has 1 nitrogen and oxygen atoms in total. The van der Waals surface area contributed by atoms with Crippen molar-refractivity contribution >= 4 is 0 Å². The first-order chi connectivity index (χ1) is 5.28. The van der Waals surface area contributed by atoms with Crippen LogP contribution in [0.1, 0.15) is 41.0 Å². The van der Waals surface area contributed by atoms with Crippen LogP contribution in [0, 0.1) is 11.3 Å². The first-order valence-corrected chi connectivity index (χ1v) is 4.62. The summed E-state index contributed by atoms with van der Waals surface area (Å²) >= 11 is 0. The van der Waals surface area contributed by atoms with Gasteiger partial charge in [-0.1, -0.05) is 39.8 Å². The van der Waals surface area contributed by atoms with Crippen molar-refractivity contribution in [3.8, 4) is 0 Å². The van der Waals surface area contributed by atoms with Crippen LogP contribution in [0.15, 0.2) is 12.2 Å². The molecule has 0 heterocycles. The Kier molecular flexibility index (Phi) is 3.98. The molecule has 0 rings (SSSR count). The second kappa shape index (κ2) is 4.08. The molecule has 72 valence electrons. The van der Waals surface area contributed by atoms with Crippen LogP contribution >= 0.6 is 0 Å². The molecule has 0 saturated carbocycles. The van der Waals surface area contributed by atoms with E-state index in [0.717, 1.165) is 12.0 Å². The Labute approximate surface area is 76.5 Å². The molecule has 12 heavy (non-hydrogen) atoms. The van der Waals surface area contributed by atoms with E-state index in [1.165, 1.54) is 0 Å². The second-order valence-electron chi connectivity index (χ2n) is 4.65. The smallest absolute Gasteiger partial charge is 0.0630 e. The van der Waals surface area contributed by atoms with Crippen molar-refractivity contribution in [2.75, 3.05) is 0 Å². The van der Waals surface area contributed by atoms with Gasteiger partial charge >= 0.3 is 0 Å². The maximum Gasteiger partial charge on any atom is 0.0630 e. The zero-order chi connectivity index (χ0) is 9.94. The molecule has 1 N–H and O–H groups in total. The summed E-state index contributed by atoms with van der Waals surface area (Å²) in [6.07, 6.45) is 0.579. The minimum absolute atomic E-state index is 0.149. The molecule has 0 saturated heterocycles. The summed E-state index contributed by atoms with van der Waals surface area (Å²) in [6.45, 7) is 14.2. The fraction of sp³-hybridized carbons (Fsp3) is 0.818. The molecule has 1 atom stereocenters. The van der Waals surface area contributed by atoms with E-state index in [9.17, 15) is 5.11 Å². The third kappa shape index (κ3) is 2.98. The zero-order valence-corrected chi connectivity index (χ0v) is 9.02. The third-order valence-corrected chi connectivity index (χ3v) is 2.63. The molecule has 0 aliphatic heterocycles. The van der Waals surface area contributed by atoms with Gasteiger partial charge in [0.25, 0.3) is 0 Å². The van der Waals surface area contributed by atoms with E-state index in [1.54, 1.807) is 0 Å². The van der Waals surface area contributed by atoms with Crippen LogP contribution in [-0.4, -0.2) is 11.2 Å². The van der Waals surface area contributed by atoms with Gasteiger partial charge in [0.15, 0.2) is 0 Å². The van der Waals surface area contributed by atoms with Gasteiger partial charge in [-0.25, -0.2) is 0 Å². The Hall–Kier alpha value is -0.300. The standard InChI is InChI=1S/C11H22O/c1-8(2)7-10(12)11(5,6)9(3)4/h8,10,12H,3,7H2,1-2,4-6H3/t10-/m0/s1. The van der Waals surface area contributed by atoms with E-state index < -0.39 is 0 Å². The van der Waals surface area contributed by atoms with Crippen molar-refractivity contribution in [3.63, 3.8) is 0 Å². The topological polar surface area (TPSA) is 20.2 Å². The van der Waals surface area contributed by atoms with Gasteiger partial charge in [-0.05, 0) is 19.3 Å². The second-order valence-corrected chi connectivity index (χ2v) is 4.65. The van der Waals surface area contributed by atoms with E-state index in [0.29, 0.717) is 5.92 Å². The molecule has 0 aromatic carbocycles. The summed E-state index contributed by atoms with van der Waals surface area (Å²) in [5.74, 6) is 0.540. The lowest BCUT2D eigenvalue weighted by Gasteiger charge is -2.32. The van der Waals surface area contributed by atoms with Gasteiger partial charge in [0, 0.05) is 5.41 Å². The number of rotatable bonds is 4. The molecule has 0 unspecified atom stereocenters. The summed E-state index contributed by atoms with van der Waals surface area (Å²) < 4.78 is 0. The monoisotopic (exact) mass is 170 g/mol. The minimum Gasteiger partial charge on any atom is -0.392 e. The molecule has 0 bridgehead atoms. The fourth-order valence-corrected chi connectivity index (χ4v) is 1.03. The predicted molar refractivity (Wildman–Crippen MR) is 54.1 cm³/mol. The summed E-state index contributed by atoms with van der Waals surface area (Å²) in [7, 11) is 0. The van der Waals surface area contributed by atoms with E-state index in [1.807, 2.05) is 20.8 Å². The Balaban J connectivity index is 4.25. The van der Waals surface area contributed by atoms with E-state index in [-0.39, 0.29) is 11.5 Å². The SMILES string of the molecule is C=C(C)C(C)(C)[C@@H](O)CC(C)C. The summed E-state index contributed by atoms with van der Waals surface area (Å²) in [5.41, 5.74) is 0.903. The van der Waals surface area contributed by atoms with Crippen LogP contribution in [0.4, 0.5) is 0 Å². The highest BCUT2D eigenvalue weighted by Gasteiger charge is 2.28. The Morgan fingerprint density at radius 1 is 1.42 bits per heavy atom. The van der Waals surface area contributed by atoms with Gasteiger partial charge in [0.05, 0.1) is 6.10 Å². The Bertz CT molecular complexity index is 156. The van der Waals surface area contributed by atoms with Crippen molar-refractivity contribution in [2.24, 2.45) is 11.3 Å². The maximum absolute atomic E-state index is 9.86. The average Bonchev–Trinajstić information content (AvgIpc) is 1.85. The van der Waals surface area contributed by atoms with Crippen LogP contribution in [0.5, 0.6) is 0 Å². The highest BCUT2D eigenvalue weighted by Crippen LogP contribution is 2.31. The first-order valence-electron chi connectivity index (χ1n) is 4.62. The predicted octanol–water partition coefficient (Wildman–Crippen LogP) is 3.00. The number of aliphatic hydroxyl groups is 1. The highest BCUT2D eigenvalue weighted by molar-refractivity contribution is 5.06. The van der Waals surface area contributed by atoms with E-state index >= 15 is 0 Å². The number of hydrogen-bond acceptors (Lipinski definition) is 1. The van der Waals surface area contributed by atoms with Crippen LogP contribution in [0.25, 0.3) is 0 Å². The third-order valence-electron chi connectivity index (χ3n) is 2.63. The molecule has 0 fully saturated rings. The van der Waals surface area contributed by atoms with E-state index in [2.05, 4.69) is 20.4 Å². The van der Waals surface area contributed by atoms with Crippen LogP contribution in [0.2, 0.25) is 0 Å². The molecular formula is C11H22O. The van der Waals surface area contributed by atoms with Gasteiger partial charge in [-0.15, -0.1) is 0 Å². The lowest BCUT2D eigenvalue weighted by Crippen LogP contribution is -2.31. The zero-order valence-electron chi connectivity index (χ0n) is 9.02. The molecular weight excluding hydrogens is 148 g/mol. The van der Waals surface area contributed by atoms with Crippen LogP contribution in [-0.2, 0) is 0 Å². The van der Waals surface area contributed by atoms with Gasteiger partial charge in [0.2, 0.25) is 0 Å². The van der Waals surface area contributed by atoms with Gasteiger partial charge < -0.3 is 5.11 Å². The molecule has 0 aromatic heterocycles. The van der Waals surface area contributed by atoms with Gasteiger partial charge in [-0.3, -0.25) is 0 Å². The average molecular weight is 170 g/mol. The summed E-state index contributed by atoms with van der Waals surface area (Å²) in [4.78, 5) is 0. The molecule has 0 spiro atoms. The fourth-order valence-electron chi connectivity index (χ4n) is 1.03. The van der Waals surface area contributed by atoms with Crippen molar-refractivity contribution < 1.29 is 5.11 Å². The highest BCUT2D eigenvalue weighted by atomic mass is 16.3. The lowest BCUT2D eigenvalue weighted by molar-refractivity contribution is 0.0560. The number of hydrogen-bond donors (Lipinski definition) is 1. The van der Waals surface area contributed by atoms with Crippen molar-refractivity contribution in [3.05, 3.63) is 12.2 Å². The normalized spacial score (nSPS) is 14.9. The van der Waals surface area contributed by atoms with Crippen molar-refractivity contribution in [1.82, 2.24) is 0 Å². The quantitative estimate of drug-likeness (QED) is 0.643. The summed E-state index contributed by atoms with van der Waals surface area (Å²) in [5, 5.41) is 9.86. The molecule has 0 radical (unpaired) electrons. The Morgan fingerprint density at radius 2 is 1.83 bits per heavy atom. The number of aliphatic hydroxyl groups excluding tert-OH is 1. The minimum atomic E-state index is -0.269. The van der Waals surface area contributed by atoms with Crippen LogP contribution in [0.3, 0.4) is 0 Å². The van der Waals surface area contributed by atoms with Crippen molar-refractivity contribution in [1.29, 1.82) is 0 Å². The summed E-state index contributed by atoms with van der Waals surface area (Å²) in [6, 6.07) is 0. The largest absolute Gasteiger partial charge is 0.392 e. The molecule has 0 aliphatic carbocycles. The van der Waals surface area contributed by atoms with E-state index in [4.69, 9.17) is 0 Å². The molecule has 0 aromatic rings. The molecule has 0 aliphatic rings. The van der Waals surface area contributed by atoms with Crippen molar-refractivity contribution in [2.45, 2.75) is 47.1 Å². The molecule has 0 amide bonds. The molecule has 1 heteroatoms. The van der Waals surface area contributed by atoms with Gasteiger partial charge in [-0.2, -0.15) is 0 Å². The van der Waals surface area contributed by atoms with Crippen LogP contribution < -0.4 is 0 Å².